The van der Waals surface area contributed by atoms with E-state index in [9.17, 15) is 18.7 Å². The molecule has 0 fully saturated rings. The van der Waals surface area contributed by atoms with Gasteiger partial charge in [-0.25, -0.2) is 8.78 Å². The summed E-state index contributed by atoms with van der Waals surface area (Å²) in [6.45, 7) is 3.52. The topological polar surface area (TPSA) is 52.6 Å². The van der Waals surface area contributed by atoms with Crippen LogP contribution in [0.5, 0.6) is 0 Å². The van der Waals surface area contributed by atoms with E-state index in [4.69, 9.17) is 11.6 Å². The molecule has 1 aliphatic rings. The SMILES string of the molecule is CNC[C@H](O)[C@H](c1cc(F)cc(Cl)c1)N1C(=O)C(C)(C)c2cccc(F)c21.Cl. The van der Waals surface area contributed by atoms with Gasteiger partial charge in [-0.1, -0.05) is 23.7 Å². The van der Waals surface area contributed by atoms with Gasteiger partial charge in [-0.05, 0) is 56.3 Å². The summed E-state index contributed by atoms with van der Waals surface area (Å²) in [4.78, 5) is 14.5. The maximum absolute atomic E-state index is 14.8. The lowest BCUT2D eigenvalue weighted by Crippen LogP contribution is -2.45. The van der Waals surface area contributed by atoms with Crippen molar-refractivity contribution in [1.82, 2.24) is 5.32 Å². The Morgan fingerprint density at radius 1 is 1.25 bits per heavy atom. The van der Waals surface area contributed by atoms with Gasteiger partial charge in [0.25, 0.3) is 0 Å². The van der Waals surface area contributed by atoms with Crippen molar-refractivity contribution >= 4 is 35.6 Å². The molecule has 0 aliphatic carbocycles. The molecular formula is C20H22Cl2F2N2O2. The normalized spacial score (nSPS) is 17.1. The van der Waals surface area contributed by atoms with E-state index in [1.54, 1.807) is 33.0 Å². The van der Waals surface area contributed by atoms with Crippen molar-refractivity contribution in [1.29, 1.82) is 0 Å². The van der Waals surface area contributed by atoms with Gasteiger partial charge in [0.1, 0.15) is 11.6 Å². The molecule has 0 radical (unpaired) electrons. The maximum Gasteiger partial charge on any atom is 0.237 e. The van der Waals surface area contributed by atoms with Crippen LogP contribution in [0.2, 0.25) is 5.02 Å². The Kier molecular flexibility index (Phi) is 6.71. The third-order valence-electron chi connectivity index (χ3n) is 4.94. The lowest BCUT2D eigenvalue weighted by Gasteiger charge is -2.34. The summed E-state index contributed by atoms with van der Waals surface area (Å²) in [5, 5.41) is 13.7. The third-order valence-corrected chi connectivity index (χ3v) is 5.16. The molecule has 0 saturated carbocycles. The molecule has 2 atom stereocenters. The molecule has 3 rings (SSSR count). The Labute approximate surface area is 173 Å². The van der Waals surface area contributed by atoms with Gasteiger partial charge < -0.3 is 10.4 Å². The van der Waals surface area contributed by atoms with Crippen molar-refractivity contribution in [3.05, 3.63) is 64.2 Å². The number of nitrogens with zero attached hydrogens (tertiary/aromatic N) is 1. The Morgan fingerprint density at radius 2 is 1.93 bits per heavy atom. The molecule has 2 aromatic carbocycles. The van der Waals surface area contributed by atoms with Gasteiger partial charge in [0.05, 0.1) is 23.2 Å². The summed E-state index contributed by atoms with van der Waals surface area (Å²) >= 11 is 5.99. The van der Waals surface area contributed by atoms with Crippen LogP contribution < -0.4 is 10.2 Å². The number of aliphatic hydroxyl groups is 1. The molecule has 8 heteroatoms. The monoisotopic (exact) mass is 430 g/mol. The molecule has 0 unspecified atom stereocenters. The average molecular weight is 431 g/mol. The van der Waals surface area contributed by atoms with E-state index in [2.05, 4.69) is 5.32 Å². The number of carbonyl (C=O) groups excluding carboxylic acids is 1. The predicted octanol–water partition coefficient (Wildman–Crippen LogP) is 3.99. The minimum atomic E-state index is -1.11. The number of hydrogen-bond donors (Lipinski definition) is 2. The lowest BCUT2D eigenvalue weighted by molar-refractivity contribution is -0.123. The van der Waals surface area contributed by atoms with Crippen LogP contribution in [-0.2, 0) is 10.2 Å². The van der Waals surface area contributed by atoms with Gasteiger partial charge in [0, 0.05) is 11.6 Å². The lowest BCUT2D eigenvalue weighted by atomic mass is 9.86. The molecule has 2 N–H and O–H groups in total. The van der Waals surface area contributed by atoms with Gasteiger partial charge in [-0.15, -0.1) is 12.4 Å². The van der Waals surface area contributed by atoms with E-state index in [0.717, 1.165) is 6.07 Å². The van der Waals surface area contributed by atoms with Crippen LogP contribution >= 0.6 is 24.0 Å². The fraction of sp³-hybridized carbons (Fsp3) is 0.350. The fourth-order valence-electron chi connectivity index (χ4n) is 3.66. The van der Waals surface area contributed by atoms with Crippen molar-refractivity contribution < 1.29 is 18.7 Å². The van der Waals surface area contributed by atoms with Gasteiger partial charge in [-0.3, -0.25) is 9.69 Å². The summed E-state index contributed by atoms with van der Waals surface area (Å²) in [5.41, 5.74) is -0.0562. The van der Waals surface area contributed by atoms with E-state index in [1.165, 1.54) is 23.1 Å². The van der Waals surface area contributed by atoms with Crippen molar-refractivity contribution in [2.75, 3.05) is 18.5 Å². The largest absolute Gasteiger partial charge is 0.389 e. The molecule has 0 bridgehead atoms. The third kappa shape index (κ3) is 3.74. The number of carbonyl (C=O) groups is 1. The smallest absolute Gasteiger partial charge is 0.237 e. The molecule has 1 heterocycles. The number of fused-ring (bicyclic) bond motifs is 1. The van der Waals surface area contributed by atoms with E-state index >= 15 is 0 Å². The van der Waals surface area contributed by atoms with Gasteiger partial charge >= 0.3 is 0 Å². The standard InChI is InChI=1S/C20H21ClF2N2O2.ClH/c1-20(2)14-5-4-6-15(23)18(14)25(19(20)27)17(16(26)10-24-3)11-7-12(21)9-13(22)8-11;/h4-9,16-17,24,26H,10H2,1-3H3;1H/t16-,17-;/m0./s1. The van der Waals surface area contributed by atoms with Crippen LogP contribution in [0.1, 0.15) is 31.0 Å². The van der Waals surface area contributed by atoms with Crippen LogP contribution in [0.25, 0.3) is 0 Å². The molecule has 0 saturated heterocycles. The van der Waals surface area contributed by atoms with Crippen LogP contribution in [0.3, 0.4) is 0 Å². The number of para-hydroxylation sites is 1. The van der Waals surface area contributed by atoms with Crippen molar-refractivity contribution in [3.8, 4) is 0 Å². The number of amides is 1. The molecule has 0 spiro atoms. The van der Waals surface area contributed by atoms with Gasteiger partial charge in [0.2, 0.25) is 5.91 Å². The highest BCUT2D eigenvalue weighted by atomic mass is 35.5. The second-order valence-electron chi connectivity index (χ2n) is 7.21. The Hall–Kier alpha value is -1.73. The zero-order chi connectivity index (χ0) is 19.9. The Bertz CT molecular complexity index is 872. The zero-order valence-electron chi connectivity index (χ0n) is 15.7. The minimum Gasteiger partial charge on any atom is -0.389 e. The molecule has 0 aromatic heterocycles. The minimum absolute atomic E-state index is 0. The Balaban J connectivity index is 0.00000280. The number of nitrogens with one attached hydrogen (secondary N) is 1. The first-order chi connectivity index (χ1) is 12.7. The molecule has 28 heavy (non-hydrogen) atoms. The highest BCUT2D eigenvalue weighted by Gasteiger charge is 2.49. The fourth-order valence-corrected chi connectivity index (χ4v) is 3.89. The van der Waals surface area contributed by atoms with Crippen LogP contribution in [-0.4, -0.2) is 30.7 Å². The highest BCUT2D eigenvalue weighted by molar-refractivity contribution is 6.30. The van der Waals surface area contributed by atoms with Crippen LogP contribution in [0.4, 0.5) is 14.5 Å². The van der Waals surface area contributed by atoms with Gasteiger partial charge in [-0.2, -0.15) is 0 Å². The molecule has 4 nitrogen and oxygen atoms in total. The summed E-state index contributed by atoms with van der Waals surface area (Å²) < 4.78 is 28.7. The molecular weight excluding hydrogens is 409 g/mol. The van der Waals surface area contributed by atoms with E-state index in [0.29, 0.717) is 11.1 Å². The van der Waals surface area contributed by atoms with Crippen LogP contribution in [0, 0.1) is 11.6 Å². The number of aliphatic hydroxyl groups excluding tert-OH is 1. The molecule has 152 valence electrons. The van der Waals surface area contributed by atoms with E-state index in [-0.39, 0.29) is 35.6 Å². The van der Waals surface area contributed by atoms with Crippen molar-refractivity contribution in [2.45, 2.75) is 31.4 Å². The predicted molar refractivity (Wildman–Crippen MR) is 108 cm³/mol. The second kappa shape index (κ2) is 8.33. The summed E-state index contributed by atoms with van der Waals surface area (Å²) in [5.74, 6) is -1.54. The Morgan fingerprint density at radius 3 is 2.54 bits per heavy atom. The van der Waals surface area contributed by atoms with Gasteiger partial charge in [0.15, 0.2) is 0 Å². The number of likely N-dealkylation sites (N-methyl/N-ethyl adjacent to an activating group) is 1. The first kappa shape index (κ1) is 22.6. The summed E-state index contributed by atoms with van der Waals surface area (Å²) in [6, 6.07) is 7.32. The number of anilines is 1. The van der Waals surface area contributed by atoms with Crippen molar-refractivity contribution in [3.63, 3.8) is 0 Å². The highest BCUT2D eigenvalue weighted by Crippen LogP contribution is 2.47. The van der Waals surface area contributed by atoms with E-state index < -0.39 is 29.2 Å². The van der Waals surface area contributed by atoms with Crippen LogP contribution in [0.15, 0.2) is 36.4 Å². The van der Waals surface area contributed by atoms with E-state index in [1.807, 2.05) is 0 Å². The molecule has 1 aliphatic heterocycles. The number of hydrogen-bond acceptors (Lipinski definition) is 3. The van der Waals surface area contributed by atoms with Crippen molar-refractivity contribution in [2.24, 2.45) is 0 Å². The first-order valence-electron chi connectivity index (χ1n) is 8.59. The first-order valence-corrected chi connectivity index (χ1v) is 8.97. The number of benzene rings is 2. The molecule has 1 amide bonds. The summed E-state index contributed by atoms with van der Waals surface area (Å²) in [6.07, 6.45) is -1.11. The average Bonchev–Trinajstić information content (AvgIpc) is 2.77. The second-order valence-corrected chi connectivity index (χ2v) is 7.65. The molecule has 2 aromatic rings. The zero-order valence-corrected chi connectivity index (χ0v) is 17.2. The number of rotatable bonds is 5. The number of halogens is 4. The maximum atomic E-state index is 14.8. The quantitative estimate of drug-likeness (QED) is 0.753. The summed E-state index contributed by atoms with van der Waals surface area (Å²) in [7, 11) is 1.64.